The quantitative estimate of drug-likeness (QED) is 0.673. The molecule has 1 aliphatic carbocycles. The van der Waals surface area contributed by atoms with E-state index in [4.69, 9.17) is 9.47 Å². The maximum Gasteiger partial charge on any atom is 0.433 e. The summed E-state index contributed by atoms with van der Waals surface area (Å²) in [5.41, 5.74) is -1.83. The SMILES string of the molecule is COC(=O)C(CC1CCCC1)n1ncc(Oc2nccc(C(F)(F)F)n2)cc1=O. The van der Waals surface area contributed by atoms with Crippen LogP contribution in [0.3, 0.4) is 0 Å². The van der Waals surface area contributed by atoms with Crippen molar-refractivity contribution in [3.63, 3.8) is 0 Å². The van der Waals surface area contributed by atoms with E-state index in [-0.39, 0.29) is 5.75 Å². The molecule has 1 unspecified atom stereocenters. The number of hydrogen-bond acceptors (Lipinski definition) is 7. The number of halogens is 3. The van der Waals surface area contributed by atoms with E-state index in [1.54, 1.807) is 0 Å². The van der Waals surface area contributed by atoms with Crippen molar-refractivity contribution >= 4 is 5.97 Å². The van der Waals surface area contributed by atoms with Gasteiger partial charge in [-0.2, -0.15) is 23.3 Å². The summed E-state index contributed by atoms with van der Waals surface area (Å²) in [4.78, 5) is 31.5. The van der Waals surface area contributed by atoms with Crippen LogP contribution in [0, 0.1) is 5.92 Å². The molecule has 0 aliphatic heterocycles. The first-order valence-electron chi connectivity index (χ1n) is 9.02. The smallest absolute Gasteiger partial charge is 0.433 e. The molecule has 3 rings (SSSR count). The van der Waals surface area contributed by atoms with Crippen LogP contribution < -0.4 is 10.3 Å². The Morgan fingerprint density at radius 2 is 2.07 bits per heavy atom. The molecule has 1 aliphatic rings. The Morgan fingerprint density at radius 3 is 2.69 bits per heavy atom. The summed E-state index contributed by atoms with van der Waals surface area (Å²) >= 11 is 0. The normalized spacial score (nSPS) is 15.9. The van der Waals surface area contributed by atoms with Crippen molar-refractivity contribution in [1.29, 1.82) is 0 Å². The van der Waals surface area contributed by atoms with Gasteiger partial charge in [0.1, 0.15) is 0 Å². The average molecular weight is 412 g/mol. The number of nitrogens with zero attached hydrogens (tertiary/aromatic N) is 4. The molecular formula is C18H19F3N4O4. The van der Waals surface area contributed by atoms with E-state index in [0.29, 0.717) is 18.4 Å². The van der Waals surface area contributed by atoms with Gasteiger partial charge >= 0.3 is 18.2 Å². The van der Waals surface area contributed by atoms with Crippen LogP contribution in [-0.2, 0) is 15.7 Å². The number of carbonyl (C=O) groups is 1. The largest absolute Gasteiger partial charge is 0.467 e. The van der Waals surface area contributed by atoms with Crippen molar-refractivity contribution < 1.29 is 27.4 Å². The summed E-state index contributed by atoms with van der Waals surface area (Å²) in [5, 5.41) is 3.96. The first-order chi connectivity index (χ1) is 13.8. The van der Waals surface area contributed by atoms with E-state index in [2.05, 4.69) is 15.1 Å². The molecule has 8 nitrogen and oxygen atoms in total. The number of ether oxygens (including phenoxy) is 2. The van der Waals surface area contributed by atoms with E-state index in [9.17, 15) is 22.8 Å². The Labute approximate surface area is 163 Å². The molecule has 0 radical (unpaired) electrons. The molecule has 0 bridgehead atoms. The molecule has 2 aromatic heterocycles. The van der Waals surface area contributed by atoms with E-state index < -0.39 is 35.5 Å². The minimum atomic E-state index is -4.66. The van der Waals surface area contributed by atoms with E-state index >= 15 is 0 Å². The molecule has 1 atom stereocenters. The second kappa shape index (κ2) is 8.58. The summed E-state index contributed by atoms with van der Waals surface area (Å²) in [6, 6.07) is 0.262. The van der Waals surface area contributed by atoms with Gasteiger partial charge in [-0.15, -0.1) is 0 Å². The standard InChI is InChI=1S/C18H19F3N4O4/c1-28-16(27)13(8-11-4-2-3-5-11)25-15(26)9-12(10-23-25)29-17-22-7-6-14(24-17)18(19,20)21/h6-7,9-11,13H,2-5,8H2,1H3. The average Bonchev–Trinajstić information content (AvgIpc) is 3.19. The molecular weight excluding hydrogens is 393 g/mol. The zero-order valence-corrected chi connectivity index (χ0v) is 15.6. The minimum absolute atomic E-state index is 0.143. The predicted octanol–water partition coefficient (Wildman–Crippen LogP) is 3.14. The number of esters is 1. The molecule has 1 fully saturated rings. The van der Waals surface area contributed by atoms with E-state index in [0.717, 1.165) is 48.8 Å². The molecule has 0 amide bonds. The zero-order valence-electron chi connectivity index (χ0n) is 15.6. The first-order valence-corrected chi connectivity index (χ1v) is 9.02. The van der Waals surface area contributed by atoms with Crippen LogP contribution in [0.4, 0.5) is 13.2 Å². The Kier molecular flexibility index (Phi) is 6.14. The molecule has 1 saturated carbocycles. The second-order valence-corrected chi connectivity index (χ2v) is 6.72. The Balaban J connectivity index is 1.81. The van der Waals surface area contributed by atoms with Crippen LogP contribution in [0.15, 0.2) is 29.3 Å². The van der Waals surface area contributed by atoms with Gasteiger partial charge in [0.15, 0.2) is 17.5 Å². The van der Waals surface area contributed by atoms with Gasteiger partial charge in [-0.1, -0.05) is 25.7 Å². The van der Waals surface area contributed by atoms with Crippen molar-refractivity contribution in [2.75, 3.05) is 7.11 Å². The van der Waals surface area contributed by atoms with Crippen LogP contribution in [0.2, 0.25) is 0 Å². The summed E-state index contributed by atoms with van der Waals surface area (Å²) in [5.74, 6) is -0.432. The van der Waals surface area contributed by atoms with Gasteiger partial charge in [0.25, 0.3) is 5.56 Å². The molecule has 29 heavy (non-hydrogen) atoms. The Bertz CT molecular complexity index is 926. The molecule has 2 aromatic rings. The highest BCUT2D eigenvalue weighted by Gasteiger charge is 2.33. The molecule has 0 spiro atoms. The lowest BCUT2D eigenvalue weighted by Gasteiger charge is -2.19. The zero-order chi connectivity index (χ0) is 21.0. The molecule has 2 heterocycles. The highest BCUT2D eigenvalue weighted by atomic mass is 19.4. The topological polar surface area (TPSA) is 96.2 Å². The second-order valence-electron chi connectivity index (χ2n) is 6.72. The number of alkyl halides is 3. The summed E-state index contributed by atoms with van der Waals surface area (Å²) in [7, 11) is 1.23. The first kappa shape index (κ1) is 20.7. The van der Waals surface area contributed by atoms with Crippen molar-refractivity contribution in [2.24, 2.45) is 5.92 Å². The third-order valence-corrected chi connectivity index (χ3v) is 4.73. The number of rotatable bonds is 6. The highest BCUT2D eigenvalue weighted by Crippen LogP contribution is 2.32. The third-order valence-electron chi connectivity index (χ3n) is 4.73. The van der Waals surface area contributed by atoms with Gasteiger partial charge in [-0.05, 0) is 18.4 Å². The lowest BCUT2D eigenvalue weighted by Crippen LogP contribution is -2.33. The molecule has 11 heteroatoms. The summed E-state index contributed by atoms with van der Waals surface area (Å²) in [6.07, 6.45) is 1.87. The fourth-order valence-corrected chi connectivity index (χ4v) is 3.34. The molecule has 0 N–H and O–H groups in total. The van der Waals surface area contributed by atoms with E-state index in [1.165, 1.54) is 7.11 Å². The van der Waals surface area contributed by atoms with Crippen molar-refractivity contribution in [3.8, 4) is 11.8 Å². The number of methoxy groups -OCH3 is 1. The summed E-state index contributed by atoms with van der Waals surface area (Å²) < 4.78 is 49.1. The van der Waals surface area contributed by atoms with Crippen LogP contribution in [-0.4, -0.2) is 32.8 Å². The minimum Gasteiger partial charge on any atom is -0.467 e. The highest BCUT2D eigenvalue weighted by molar-refractivity contribution is 5.73. The van der Waals surface area contributed by atoms with Crippen LogP contribution in [0.5, 0.6) is 11.8 Å². The maximum absolute atomic E-state index is 12.7. The van der Waals surface area contributed by atoms with Crippen molar-refractivity contribution in [1.82, 2.24) is 19.7 Å². The fraction of sp³-hybridized carbons (Fsp3) is 0.500. The fourth-order valence-electron chi connectivity index (χ4n) is 3.34. The van der Waals surface area contributed by atoms with Crippen LogP contribution >= 0.6 is 0 Å². The number of carbonyl (C=O) groups excluding carboxylic acids is 1. The summed E-state index contributed by atoms with van der Waals surface area (Å²) in [6.45, 7) is 0. The number of aromatic nitrogens is 4. The predicted molar refractivity (Wildman–Crippen MR) is 93.2 cm³/mol. The Morgan fingerprint density at radius 1 is 1.34 bits per heavy atom. The number of hydrogen-bond donors (Lipinski definition) is 0. The van der Waals surface area contributed by atoms with Gasteiger partial charge in [0.2, 0.25) is 0 Å². The van der Waals surface area contributed by atoms with Gasteiger partial charge in [-0.3, -0.25) is 4.79 Å². The van der Waals surface area contributed by atoms with Gasteiger partial charge in [0.05, 0.1) is 13.3 Å². The van der Waals surface area contributed by atoms with Crippen LogP contribution in [0.25, 0.3) is 0 Å². The van der Waals surface area contributed by atoms with Crippen molar-refractivity contribution in [2.45, 2.75) is 44.3 Å². The molecule has 156 valence electrons. The van der Waals surface area contributed by atoms with E-state index in [1.807, 2.05) is 0 Å². The third kappa shape index (κ3) is 5.09. The van der Waals surface area contributed by atoms with Gasteiger partial charge in [0, 0.05) is 12.3 Å². The van der Waals surface area contributed by atoms with Crippen LogP contribution in [0.1, 0.15) is 43.8 Å². The monoisotopic (exact) mass is 412 g/mol. The molecule has 0 saturated heterocycles. The van der Waals surface area contributed by atoms with Gasteiger partial charge in [-0.25, -0.2) is 14.5 Å². The lowest BCUT2D eigenvalue weighted by molar-refractivity contribution is -0.145. The van der Waals surface area contributed by atoms with Gasteiger partial charge < -0.3 is 9.47 Å². The lowest BCUT2D eigenvalue weighted by atomic mass is 9.98. The Hall–Kier alpha value is -2.98. The maximum atomic E-state index is 12.7. The molecule has 0 aromatic carbocycles. The van der Waals surface area contributed by atoms with Crippen molar-refractivity contribution in [3.05, 3.63) is 40.6 Å².